The predicted molar refractivity (Wildman–Crippen MR) is 348 cm³/mol. The molecular formula is C70H100CoN9O5. The number of methoxy groups -OCH3 is 2. The van der Waals surface area contributed by atoms with Gasteiger partial charge in [0.2, 0.25) is 0 Å². The van der Waals surface area contributed by atoms with Crippen LogP contribution in [0.15, 0.2) is 97.1 Å². The monoisotopic (exact) mass is 1210 g/mol. The number of nitrogens with zero attached hydrogens (tertiary/aromatic N) is 9. The van der Waals surface area contributed by atoms with Crippen molar-refractivity contribution in [2.24, 2.45) is 17.8 Å². The number of rotatable bonds is 25. The molecular weight excluding hydrogens is 1110 g/mol. The van der Waals surface area contributed by atoms with Crippen molar-refractivity contribution in [3.05, 3.63) is 104 Å². The van der Waals surface area contributed by atoms with Crippen LogP contribution in [-0.2, 0) is 35.7 Å². The van der Waals surface area contributed by atoms with Gasteiger partial charge in [-0.2, -0.15) is 0 Å². The molecule has 0 amide bonds. The van der Waals surface area contributed by atoms with Gasteiger partial charge in [0, 0.05) is 92.1 Å². The fourth-order valence-electron chi connectivity index (χ4n) is 9.98. The quantitative estimate of drug-likeness (QED) is 0.0490. The molecule has 464 valence electrons. The van der Waals surface area contributed by atoms with Gasteiger partial charge in [0.15, 0.2) is 0 Å². The molecule has 8 bridgehead atoms. The summed E-state index contributed by atoms with van der Waals surface area (Å²) in [4.78, 5) is 39.3. The third-order valence-electron chi connectivity index (χ3n) is 15.1. The van der Waals surface area contributed by atoms with E-state index in [-0.39, 0.29) is 22.3 Å². The maximum absolute atomic E-state index is 6.25. The van der Waals surface area contributed by atoms with Crippen LogP contribution in [-0.4, -0.2) is 88.7 Å². The molecule has 2 N–H and O–H groups in total. The molecule has 0 saturated carbocycles. The largest absolute Gasteiger partial charge is 3.00 e. The second-order valence-electron chi connectivity index (χ2n) is 21.1. The Hall–Kier alpha value is -5.96. The second kappa shape index (κ2) is 43.6. The van der Waals surface area contributed by atoms with Gasteiger partial charge in [-0.25, -0.2) is 9.97 Å². The van der Waals surface area contributed by atoms with Crippen molar-refractivity contribution in [1.29, 1.82) is 5.26 Å². The summed E-state index contributed by atoms with van der Waals surface area (Å²) in [5.74, 6) is 4.60. The van der Waals surface area contributed by atoms with Crippen LogP contribution in [0.2, 0.25) is 0 Å². The van der Waals surface area contributed by atoms with Crippen molar-refractivity contribution in [2.45, 2.75) is 178 Å². The van der Waals surface area contributed by atoms with E-state index < -0.39 is 0 Å². The summed E-state index contributed by atoms with van der Waals surface area (Å²) < 4.78 is 21.1. The minimum Gasteiger partial charge on any atom is -0.512 e. The standard InChI is InChI=1S/C32H16N8.C10H22O.3C9H20O.CN.Co.H2O/c1-2-10-18-17(9-1)25-33-26(18)38-28-21-13-5-6-14-22(21)30(35-28)40-32-24-16-8-7-15-23(24)31(36-32)39-29-20-12-4-3-11-19(20)27(34-29)37-25;1-4-7-8-10(5-2)9-11-6-3;2*1-4-6-7-9(5-2)8-10-3;1-4-7-8-9(5-2)10-6-3;1-2;;/h1-16H;10H,4-9H2,1-3H3;3*9H,4-8H2,1-3H3;;;1H2/q-2;;;;;-1;+3;. The first-order valence-corrected chi connectivity index (χ1v) is 31.2. The maximum atomic E-state index is 6.25. The summed E-state index contributed by atoms with van der Waals surface area (Å²) in [5, 5.41) is 9.82. The van der Waals surface area contributed by atoms with E-state index in [9.17, 15) is 0 Å². The van der Waals surface area contributed by atoms with E-state index in [1.54, 1.807) is 14.2 Å². The average Bonchev–Trinajstić information content (AvgIpc) is 3.52. The molecule has 15 heteroatoms. The summed E-state index contributed by atoms with van der Waals surface area (Å²) in [5.41, 5.74) is 5.78. The zero-order valence-electron chi connectivity index (χ0n) is 53.4. The summed E-state index contributed by atoms with van der Waals surface area (Å²) in [6.07, 6.45) is 21.3. The van der Waals surface area contributed by atoms with Crippen molar-refractivity contribution < 1.29 is 41.2 Å². The van der Waals surface area contributed by atoms with Crippen LogP contribution in [0.25, 0.3) is 89.7 Å². The van der Waals surface area contributed by atoms with Crippen LogP contribution >= 0.6 is 0 Å². The summed E-state index contributed by atoms with van der Waals surface area (Å²) in [6, 6.07) is 31.8. The van der Waals surface area contributed by atoms with E-state index in [0.29, 0.717) is 52.0 Å². The van der Waals surface area contributed by atoms with E-state index in [4.69, 9.17) is 70.7 Å². The smallest absolute Gasteiger partial charge is 0.512 e. The van der Waals surface area contributed by atoms with Crippen LogP contribution < -0.4 is 9.97 Å². The number of benzene rings is 4. The van der Waals surface area contributed by atoms with Crippen molar-refractivity contribution in [3.8, 4) is 45.6 Å². The molecule has 0 fully saturated rings. The molecule has 2 aliphatic rings. The molecule has 0 saturated heterocycles. The topological polar surface area (TPSA) is 198 Å². The number of hydrogen-bond donors (Lipinski definition) is 0. The molecule has 85 heavy (non-hydrogen) atoms. The molecule has 4 atom stereocenters. The number of unbranched alkanes of at least 4 members (excludes halogenated alkanes) is 4. The molecule has 9 rings (SSSR count). The van der Waals surface area contributed by atoms with Crippen molar-refractivity contribution in [2.75, 3.05) is 47.3 Å². The number of ether oxygens (including phenoxy) is 4. The van der Waals surface area contributed by atoms with Crippen LogP contribution in [0, 0.1) is 29.6 Å². The average molecular weight is 1210 g/mol. The molecule has 4 aromatic carbocycles. The first-order valence-electron chi connectivity index (χ1n) is 31.2. The molecule has 0 spiro atoms. The van der Waals surface area contributed by atoms with Gasteiger partial charge in [-0.05, 0) is 85.3 Å². The Morgan fingerprint density at radius 3 is 0.953 bits per heavy atom. The van der Waals surface area contributed by atoms with E-state index in [1.165, 1.54) is 96.3 Å². The number of fused-ring (bicyclic) bond motifs is 20. The van der Waals surface area contributed by atoms with Crippen LogP contribution in [0.1, 0.15) is 172 Å². The third kappa shape index (κ3) is 23.3. The van der Waals surface area contributed by atoms with Gasteiger partial charge in [-0.3, -0.25) is 0 Å². The molecule has 5 heterocycles. The molecule has 0 radical (unpaired) electrons. The second-order valence-corrected chi connectivity index (χ2v) is 21.1. The van der Waals surface area contributed by atoms with Gasteiger partial charge in [0.05, 0.1) is 29.4 Å². The Balaban J connectivity index is 0.000000451. The van der Waals surface area contributed by atoms with Crippen molar-refractivity contribution in [3.63, 3.8) is 0 Å². The van der Waals surface area contributed by atoms with Gasteiger partial charge in [-0.15, -0.1) is 0 Å². The zero-order chi connectivity index (χ0) is 60.2. The molecule has 2 aliphatic heterocycles. The van der Waals surface area contributed by atoms with E-state index in [2.05, 4.69) is 69.2 Å². The molecule has 7 aromatic rings. The Bertz CT molecular complexity index is 2740. The molecule has 14 nitrogen and oxygen atoms in total. The van der Waals surface area contributed by atoms with Gasteiger partial charge >= 0.3 is 16.8 Å². The SMILES string of the molecule is CCCCC(CC)COC.CCCCC(CC)COC.CCCCC(CC)COCC.CCCCC(CC)OCC.O.[C-]#N.[Co+3].c1ccc2c(c1)-c1nc-2nc2[n-]c(nc3nc(nc4[n-]c(n1)c1ccccc41)-c1ccccc1-3)c1ccccc21. The van der Waals surface area contributed by atoms with Gasteiger partial charge in [0.1, 0.15) is 0 Å². The fraction of sp³-hybridized carbons (Fsp3) is 0.529. The molecule has 4 unspecified atom stereocenters. The Morgan fingerprint density at radius 2 is 0.694 bits per heavy atom. The Labute approximate surface area is 520 Å². The third-order valence-corrected chi connectivity index (χ3v) is 15.1. The summed E-state index contributed by atoms with van der Waals surface area (Å²) in [7, 11) is 3.57. The van der Waals surface area contributed by atoms with Gasteiger partial charge in [0.25, 0.3) is 0 Å². The minimum absolute atomic E-state index is 0. The Kier molecular flexibility index (Phi) is 38.6. The van der Waals surface area contributed by atoms with Crippen molar-refractivity contribution >= 4 is 44.1 Å². The zero-order valence-corrected chi connectivity index (χ0v) is 54.4. The van der Waals surface area contributed by atoms with Gasteiger partial charge < -0.3 is 66.2 Å². The first-order chi connectivity index (χ1) is 40.7. The summed E-state index contributed by atoms with van der Waals surface area (Å²) >= 11 is 0. The molecule has 3 aromatic heterocycles. The predicted octanol–water partition coefficient (Wildman–Crippen LogP) is 17.3. The molecule has 0 aliphatic carbocycles. The van der Waals surface area contributed by atoms with Crippen molar-refractivity contribution in [1.82, 2.24) is 39.9 Å². The normalized spacial score (nSPS) is 12.2. The van der Waals surface area contributed by atoms with Crippen LogP contribution in [0.3, 0.4) is 0 Å². The maximum Gasteiger partial charge on any atom is 3.00 e. The summed E-state index contributed by atoms with van der Waals surface area (Å²) in [6.45, 7) is 31.3. The number of hydrogen-bond acceptors (Lipinski definition) is 11. The van der Waals surface area contributed by atoms with Crippen LogP contribution in [0.5, 0.6) is 0 Å². The first kappa shape index (κ1) is 75.1. The van der Waals surface area contributed by atoms with E-state index >= 15 is 0 Å². The minimum atomic E-state index is 0. The van der Waals surface area contributed by atoms with E-state index in [1.807, 2.05) is 97.1 Å². The van der Waals surface area contributed by atoms with Crippen LogP contribution in [0.4, 0.5) is 0 Å². The van der Waals surface area contributed by atoms with E-state index in [0.717, 1.165) is 101 Å². The Morgan fingerprint density at radius 1 is 0.400 bits per heavy atom. The van der Waals surface area contributed by atoms with Gasteiger partial charge in [-0.1, -0.05) is 223 Å². The number of aromatic nitrogens is 8. The fourth-order valence-corrected chi connectivity index (χ4v) is 9.98.